The van der Waals surface area contributed by atoms with E-state index in [0.717, 1.165) is 32.1 Å². The number of aliphatic hydroxyl groups is 2. The van der Waals surface area contributed by atoms with Crippen molar-refractivity contribution in [2.75, 3.05) is 7.11 Å². The number of thioether (sulfide) groups is 1. The summed E-state index contributed by atoms with van der Waals surface area (Å²) in [7, 11) is 1.61. The Morgan fingerprint density at radius 1 is 1.22 bits per heavy atom. The molecule has 5 rings (SSSR count). The van der Waals surface area contributed by atoms with Crippen molar-refractivity contribution in [3.8, 4) is 0 Å². The molecule has 4 aliphatic carbocycles. The number of hydrogen-bond donors (Lipinski definition) is 2. The van der Waals surface area contributed by atoms with E-state index in [9.17, 15) is 15.0 Å². The Balaban J connectivity index is 1.73. The van der Waals surface area contributed by atoms with E-state index in [2.05, 4.69) is 13.8 Å². The topological polar surface area (TPSA) is 79.1 Å². The highest BCUT2D eigenvalue weighted by Gasteiger charge is 2.78. The molecule has 5 aliphatic rings. The van der Waals surface area contributed by atoms with Crippen molar-refractivity contribution >= 4 is 22.8 Å². The number of nitrogens with zero attached hydrogens (tertiary/aromatic N) is 1. The summed E-state index contributed by atoms with van der Waals surface area (Å²) in [4.78, 5) is 16.9. The van der Waals surface area contributed by atoms with Crippen molar-refractivity contribution in [1.29, 1.82) is 0 Å². The minimum absolute atomic E-state index is 0.202. The number of carbonyl (C=O) groups is 1. The molecule has 6 heteroatoms. The number of methoxy groups -OCH3 is 1. The predicted molar refractivity (Wildman–Crippen MR) is 104 cm³/mol. The normalized spacial score (nSPS) is 53.7. The molecule has 0 amide bonds. The second kappa shape index (κ2) is 5.39. The molecule has 3 saturated carbocycles. The average Bonchev–Trinajstić information content (AvgIpc) is 3.07. The fourth-order valence-corrected chi connectivity index (χ4v) is 9.21. The first-order valence-corrected chi connectivity index (χ1v) is 11.0. The lowest BCUT2D eigenvalue weighted by Crippen LogP contribution is -2.71. The van der Waals surface area contributed by atoms with Gasteiger partial charge in [0.1, 0.15) is 0 Å². The van der Waals surface area contributed by atoms with Crippen LogP contribution in [0.2, 0.25) is 0 Å². The maximum atomic E-state index is 12.2. The number of ketones is 1. The van der Waals surface area contributed by atoms with Gasteiger partial charge in [-0.2, -0.15) is 0 Å². The number of aliphatic imine (C=N–C) groups is 1. The van der Waals surface area contributed by atoms with Gasteiger partial charge < -0.3 is 14.9 Å². The second-order valence-electron chi connectivity index (χ2n) is 9.73. The van der Waals surface area contributed by atoms with Crippen LogP contribution in [-0.4, -0.2) is 44.9 Å². The van der Waals surface area contributed by atoms with Crippen molar-refractivity contribution in [1.82, 2.24) is 0 Å². The van der Waals surface area contributed by atoms with Crippen LogP contribution in [0.3, 0.4) is 0 Å². The molecular weight excluding hydrogens is 362 g/mol. The Hall–Kier alpha value is -0.850. The van der Waals surface area contributed by atoms with Gasteiger partial charge >= 0.3 is 0 Å². The fourth-order valence-electron chi connectivity index (χ4n) is 7.49. The molecule has 0 aromatic heterocycles. The van der Waals surface area contributed by atoms with Gasteiger partial charge in [0.05, 0.1) is 18.0 Å². The first kappa shape index (κ1) is 18.2. The first-order valence-electron chi connectivity index (χ1n) is 10.2. The molecule has 1 aliphatic heterocycles. The van der Waals surface area contributed by atoms with E-state index in [-0.39, 0.29) is 22.5 Å². The van der Waals surface area contributed by atoms with Gasteiger partial charge in [-0.1, -0.05) is 31.2 Å². The van der Waals surface area contributed by atoms with Crippen LogP contribution in [0.5, 0.6) is 0 Å². The van der Waals surface area contributed by atoms with Gasteiger partial charge in [-0.25, -0.2) is 4.99 Å². The van der Waals surface area contributed by atoms with Crippen molar-refractivity contribution in [2.45, 2.75) is 75.4 Å². The molecule has 0 saturated heterocycles. The van der Waals surface area contributed by atoms with Crippen LogP contribution >= 0.6 is 11.8 Å². The van der Waals surface area contributed by atoms with Crippen molar-refractivity contribution in [3.05, 3.63) is 11.6 Å². The molecule has 0 aromatic rings. The highest BCUT2D eigenvalue weighted by molar-refractivity contribution is 8.15. The van der Waals surface area contributed by atoms with Gasteiger partial charge in [-0.3, -0.25) is 4.79 Å². The van der Waals surface area contributed by atoms with E-state index in [1.165, 1.54) is 5.57 Å². The Morgan fingerprint density at radius 2 is 2.00 bits per heavy atom. The molecular formula is C21H29NO4S. The van der Waals surface area contributed by atoms with Gasteiger partial charge in [0.2, 0.25) is 5.23 Å². The zero-order valence-corrected chi connectivity index (χ0v) is 17.1. The average molecular weight is 392 g/mol. The third-order valence-electron chi connectivity index (χ3n) is 8.75. The Morgan fingerprint density at radius 3 is 2.74 bits per heavy atom. The van der Waals surface area contributed by atoms with Gasteiger partial charge in [0.25, 0.3) is 0 Å². The predicted octanol–water partition coefficient (Wildman–Crippen LogP) is 3.05. The quantitative estimate of drug-likeness (QED) is 0.663. The number of allylic oxidation sites excluding steroid dienone is 1. The molecule has 1 heterocycles. The summed E-state index contributed by atoms with van der Waals surface area (Å²) >= 11 is 1.60. The van der Waals surface area contributed by atoms with E-state index in [1.54, 1.807) is 18.9 Å². The standard InChI is InChI=1S/C21H29NO4S/c1-18-11-20(25)21(27-17(22-20)26-3)15(14(18)6-7-16(18)24)5-4-12-10-13(23)8-9-19(12,21)2/h10,14-16,24-25H,4-9,11H2,1-3H3/t14-,15-,16+,18-,19-,20+,21+/m0/s1. The number of fused-ring (bicyclic) bond motifs is 3. The molecule has 0 aromatic carbocycles. The zero-order chi connectivity index (χ0) is 19.2. The minimum Gasteiger partial charge on any atom is -0.476 e. The third kappa shape index (κ3) is 1.95. The summed E-state index contributed by atoms with van der Waals surface area (Å²) in [5.41, 5.74) is -0.713. The van der Waals surface area contributed by atoms with Crippen LogP contribution in [-0.2, 0) is 9.53 Å². The smallest absolute Gasteiger partial charge is 0.249 e. The highest BCUT2D eigenvalue weighted by Crippen LogP contribution is 2.75. The Kier molecular flexibility index (Phi) is 3.63. The minimum atomic E-state index is -1.28. The van der Waals surface area contributed by atoms with Gasteiger partial charge in [0, 0.05) is 23.7 Å². The van der Waals surface area contributed by atoms with E-state index in [1.807, 2.05) is 6.08 Å². The van der Waals surface area contributed by atoms with E-state index >= 15 is 0 Å². The second-order valence-corrected chi connectivity index (χ2v) is 10.9. The molecule has 0 radical (unpaired) electrons. The van der Waals surface area contributed by atoms with Crippen molar-refractivity contribution in [2.24, 2.45) is 27.7 Å². The first-order chi connectivity index (χ1) is 12.7. The lowest BCUT2D eigenvalue weighted by Gasteiger charge is -2.66. The summed E-state index contributed by atoms with van der Waals surface area (Å²) in [6.07, 6.45) is 6.81. The fraction of sp³-hybridized carbons (Fsp3) is 0.810. The molecule has 3 fully saturated rings. The Labute approximate surface area is 164 Å². The number of rotatable bonds is 0. The largest absolute Gasteiger partial charge is 0.476 e. The van der Waals surface area contributed by atoms with Crippen molar-refractivity contribution in [3.63, 3.8) is 0 Å². The summed E-state index contributed by atoms with van der Waals surface area (Å²) in [5.74, 6) is 0.812. The zero-order valence-electron chi connectivity index (χ0n) is 16.3. The van der Waals surface area contributed by atoms with Crippen LogP contribution in [0.4, 0.5) is 0 Å². The molecule has 7 atom stereocenters. The number of hydrogen-bond acceptors (Lipinski definition) is 6. The summed E-state index contributed by atoms with van der Waals surface area (Å²) in [6, 6.07) is 0. The molecule has 148 valence electrons. The lowest BCUT2D eigenvalue weighted by molar-refractivity contribution is -0.172. The highest BCUT2D eigenvalue weighted by atomic mass is 32.2. The Bertz CT molecular complexity index is 780. The summed E-state index contributed by atoms with van der Waals surface area (Å²) in [6.45, 7) is 4.37. The van der Waals surface area contributed by atoms with Crippen LogP contribution in [0.1, 0.15) is 58.8 Å². The molecule has 27 heavy (non-hydrogen) atoms. The van der Waals surface area contributed by atoms with Crippen LogP contribution < -0.4 is 0 Å². The molecule has 5 nitrogen and oxygen atoms in total. The monoisotopic (exact) mass is 391 g/mol. The molecule has 1 spiro atoms. The molecule has 0 bridgehead atoms. The van der Waals surface area contributed by atoms with Crippen LogP contribution in [0.15, 0.2) is 16.6 Å². The summed E-state index contributed by atoms with van der Waals surface area (Å²) < 4.78 is 5.02. The van der Waals surface area contributed by atoms with Crippen LogP contribution in [0, 0.1) is 22.7 Å². The van der Waals surface area contributed by atoms with Gasteiger partial charge in [0.15, 0.2) is 11.5 Å². The van der Waals surface area contributed by atoms with Gasteiger partial charge in [-0.15, -0.1) is 0 Å². The SMILES string of the molecule is COC1=N[C@@]2(O)C[C@]3(C)[C@H](O)CC[C@H]3[C@@H]3CCC4=CC(=O)CC[C@]4(C)[C@]32S1. The number of aliphatic hydroxyl groups excluding tert-OH is 1. The molecule has 0 unspecified atom stereocenters. The van der Waals surface area contributed by atoms with Crippen molar-refractivity contribution < 1.29 is 19.7 Å². The molecule has 2 N–H and O–H groups in total. The van der Waals surface area contributed by atoms with Gasteiger partial charge in [-0.05, 0) is 50.0 Å². The lowest BCUT2D eigenvalue weighted by atomic mass is 9.44. The van der Waals surface area contributed by atoms with E-state index in [0.29, 0.717) is 24.0 Å². The van der Waals surface area contributed by atoms with E-state index in [4.69, 9.17) is 9.73 Å². The van der Waals surface area contributed by atoms with Crippen LogP contribution in [0.25, 0.3) is 0 Å². The summed E-state index contributed by atoms with van der Waals surface area (Å²) in [5, 5.41) is 23.4. The van der Waals surface area contributed by atoms with E-state index < -0.39 is 16.6 Å². The number of carbonyl (C=O) groups excluding carboxylic acids is 1. The maximum absolute atomic E-state index is 12.2. The third-order valence-corrected chi connectivity index (χ3v) is 10.6. The number of ether oxygens (including phenoxy) is 1. The maximum Gasteiger partial charge on any atom is 0.249 e.